The van der Waals surface area contributed by atoms with Crippen LogP contribution in [0.25, 0.3) is 17.4 Å². The predicted octanol–water partition coefficient (Wildman–Crippen LogP) is 6.58. The maximum atomic E-state index is 13.4. The SMILES string of the molecule is Cc1c(CNCc2ccc(NC(=O)/C=C/c3cccnc3)cc2)oc2c1C(=O)C(=O)c1c-2ccc2c1CCCC2(C)C. The maximum Gasteiger partial charge on any atom is 0.248 e. The minimum Gasteiger partial charge on any atom is -0.459 e. The smallest absolute Gasteiger partial charge is 0.248 e. The van der Waals surface area contributed by atoms with Crippen molar-refractivity contribution in [1.29, 1.82) is 0 Å². The van der Waals surface area contributed by atoms with Gasteiger partial charge < -0.3 is 15.1 Å². The van der Waals surface area contributed by atoms with Crippen molar-refractivity contribution < 1.29 is 18.8 Å². The third kappa shape index (κ3) is 5.12. The van der Waals surface area contributed by atoms with Gasteiger partial charge in [-0.3, -0.25) is 19.4 Å². The summed E-state index contributed by atoms with van der Waals surface area (Å²) in [7, 11) is 0. The van der Waals surface area contributed by atoms with Crippen LogP contribution < -0.4 is 10.6 Å². The molecule has 2 N–H and O–H groups in total. The highest BCUT2D eigenvalue weighted by Crippen LogP contribution is 2.45. The van der Waals surface area contributed by atoms with E-state index in [2.05, 4.69) is 35.5 Å². The summed E-state index contributed by atoms with van der Waals surface area (Å²) in [6, 6.07) is 15.4. The van der Waals surface area contributed by atoms with Crippen LogP contribution in [0.15, 0.2) is 71.4 Å². The van der Waals surface area contributed by atoms with Crippen molar-refractivity contribution in [3.63, 3.8) is 0 Å². The summed E-state index contributed by atoms with van der Waals surface area (Å²) >= 11 is 0. The largest absolute Gasteiger partial charge is 0.459 e. The van der Waals surface area contributed by atoms with Crippen LogP contribution in [-0.4, -0.2) is 22.5 Å². The molecule has 0 atom stereocenters. The predicted molar refractivity (Wildman–Crippen MR) is 162 cm³/mol. The van der Waals surface area contributed by atoms with Crippen molar-refractivity contribution in [3.8, 4) is 11.3 Å². The molecule has 212 valence electrons. The van der Waals surface area contributed by atoms with Crippen LogP contribution in [0.1, 0.15) is 81.0 Å². The molecular formula is C35H33N3O4. The summed E-state index contributed by atoms with van der Waals surface area (Å²) in [4.78, 5) is 43.0. The molecule has 2 heterocycles. The van der Waals surface area contributed by atoms with E-state index in [0.717, 1.165) is 47.1 Å². The number of furan rings is 1. The Morgan fingerprint density at radius 2 is 1.81 bits per heavy atom. The quantitative estimate of drug-likeness (QED) is 0.196. The molecule has 2 aromatic heterocycles. The van der Waals surface area contributed by atoms with Crippen LogP contribution in [0.5, 0.6) is 0 Å². The van der Waals surface area contributed by atoms with Crippen molar-refractivity contribution in [2.45, 2.75) is 58.5 Å². The summed E-state index contributed by atoms with van der Waals surface area (Å²) in [6.07, 6.45) is 9.42. The van der Waals surface area contributed by atoms with Gasteiger partial charge in [0.2, 0.25) is 17.5 Å². The molecule has 4 aromatic rings. The Balaban J connectivity index is 1.13. The van der Waals surface area contributed by atoms with Gasteiger partial charge in [0.05, 0.1) is 12.1 Å². The van der Waals surface area contributed by atoms with Gasteiger partial charge >= 0.3 is 0 Å². The first-order chi connectivity index (χ1) is 20.2. The van der Waals surface area contributed by atoms with E-state index >= 15 is 0 Å². The minimum atomic E-state index is -0.477. The Morgan fingerprint density at radius 3 is 2.57 bits per heavy atom. The summed E-state index contributed by atoms with van der Waals surface area (Å²) in [5, 5.41) is 6.24. The number of anilines is 1. The number of carbonyl (C=O) groups is 3. The second kappa shape index (κ2) is 11.0. The highest BCUT2D eigenvalue weighted by Gasteiger charge is 2.40. The third-order valence-corrected chi connectivity index (χ3v) is 8.37. The second-order valence-electron chi connectivity index (χ2n) is 11.7. The van der Waals surface area contributed by atoms with Crippen LogP contribution in [0.2, 0.25) is 0 Å². The summed E-state index contributed by atoms with van der Waals surface area (Å²) in [5.74, 6) is 0.0369. The Morgan fingerprint density at radius 1 is 1.02 bits per heavy atom. The molecule has 42 heavy (non-hydrogen) atoms. The van der Waals surface area contributed by atoms with Crippen molar-refractivity contribution in [2.75, 3.05) is 5.32 Å². The summed E-state index contributed by atoms with van der Waals surface area (Å²) in [6.45, 7) is 7.21. The average molecular weight is 560 g/mol. The van der Waals surface area contributed by atoms with Crippen molar-refractivity contribution in [1.82, 2.24) is 10.3 Å². The average Bonchev–Trinajstić information content (AvgIpc) is 3.31. The van der Waals surface area contributed by atoms with Crippen LogP contribution in [0, 0.1) is 6.92 Å². The number of hydrogen-bond donors (Lipinski definition) is 2. The number of carbonyl (C=O) groups excluding carboxylic acids is 3. The number of nitrogens with one attached hydrogen (secondary N) is 2. The van der Waals surface area contributed by atoms with Crippen LogP contribution in [-0.2, 0) is 29.7 Å². The van der Waals surface area contributed by atoms with Gasteiger partial charge in [-0.2, -0.15) is 0 Å². The molecule has 0 radical (unpaired) electrons. The standard InChI is InChI=1S/C35H33N3O4/c1-21-28(20-37-19-23-8-11-24(12-9-23)38-29(39)15-10-22-6-5-17-36-18-22)42-34-26-13-14-27-25(7-4-16-35(27,2)3)31(26)33(41)32(40)30(21)34/h5-6,8-15,17-18,37H,4,7,16,19-20H2,1-3H3,(H,38,39)/b15-10+. The lowest BCUT2D eigenvalue weighted by molar-refractivity contribution is -0.111. The van der Waals surface area contributed by atoms with Crippen molar-refractivity contribution in [3.05, 3.63) is 112 Å². The molecule has 0 unspecified atom stereocenters. The molecular weight excluding hydrogens is 526 g/mol. The molecule has 0 fully saturated rings. The number of ketones is 2. The highest BCUT2D eigenvalue weighted by atomic mass is 16.3. The number of fused-ring (bicyclic) bond motifs is 5. The van der Waals surface area contributed by atoms with Crippen LogP contribution >= 0.6 is 0 Å². The van der Waals surface area contributed by atoms with Crippen LogP contribution in [0.4, 0.5) is 5.69 Å². The van der Waals surface area contributed by atoms with Crippen LogP contribution in [0.3, 0.4) is 0 Å². The Hall–Kier alpha value is -4.62. The monoisotopic (exact) mass is 559 g/mol. The molecule has 0 aliphatic heterocycles. The van der Waals surface area contributed by atoms with E-state index in [-0.39, 0.29) is 11.3 Å². The zero-order valence-corrected chi connectivity index (χ0v) is 24.0. The van der Waals surface area contributed by atoms with E-state index in [0.29, 0.717) is 47.0 Å². The van der Waals surface area contributed by atoms with Gasteiger partial charge in [0, 0.05) is 47.4 Å². The lowest BCUT2D eigenvalue weighted by Crippen LogP contribution is -2.29. The summed E-state index contributed by atoms with van der Waals surface area (Å²) < 4.78 is 6.29. The van der Waals surface area contributed by atoms with E-state index in [1.807, 2.05) is 49.4 Å². The van der Waals surface area contributed by atoms with E-state index in [1.165, 1.54) is 6.08 Å². The van der Waals surface area contributed by atoms with Gasteiger partial charge in [0.1, 0.15) is 11.5 Å². The first kappa shape index (κ1) is 27.5. The fourth-order valence-electron chi connectivity index (χ4n) is 6.11. The molecule has 7 heteroatoms. The van der Waals surface area contributed by atoms with Gasteiger partial charge in [-0.05, 0) is 78.1 Å². The molecule has 2 aromatic carbocycles. The first-order valence-electron chi connectivity index (χ1n) is 14.3. The number of Topliss-reactive ketones (excluding diaryl/α,β-unsaturated/α-hetero) is 2. The molecule has 0 saturated carbocycles. The van der Waals surface area contributed by atoms with Gasteiger partial charge in [-0.25, -0.2) is 0 Å². The molecule has 7 nitrogen and oxygen atoms in total. The highest BCUT2D eigenvalue weighted by molar-refractivity contribution is 6.53. The molecule has 2 aliphatic carbocycles. The number of amides is 1. The van der Waals surface area contributed by atoms with E-state index in [4.69, 9.17) is 4.42 Å². The molecule has 0 saturated heterocycles. The lowest BCUT2D eigenvalue weighted by atomic mass is 9.69. The number of nitrogens with zero attached hydrogens (tertiary/aromatic N) is 1. The fraction of sp³-hybridized carbons (Fsp3) is 0.257. The molecule has 6 rings (SSSR count). The second-order valence-corrected chi connectivity index (χ2v) is 11.7. The van der Waals surface area contributed by atoms with Crippen molar-refractivity contribution in [2.24, 2.45) is 0 Å². The fourth-order valence-corrected chi connectivity index (χ4v) is 6.11. The zero-order chi connectivity index (χ0) is 29.4. The van der Waals surface area contributed by atoms with Gasteiger partial charge in [0.25, 0.3) is 0 Å². The van der Waals surface area contributed by atoms with E-state index < -0.39 is 11.6 Å². The minimum absolute atomic E-state index is 0.0263. The van der Waals surface area contributed by atoms with E-state index in [9.17, 15) is 14.4 Å². The lowest BCUT2D eigenvalue weighted by Gasteiger charge is -2.34. The topological polar surface area (TPSA) is 101 Å². The Kier molecular flexibility index (Phi) is 7.21. The zero-order valence-electron chi connectivity index (χ0n) is 24.0. The third-order valence-electron chi connectivity index (χ3n) is 8.37. The Labute approximate surface area is 245 Å². The molecule has 1 amide bonds. The van der Waals surface area contributed by atoms with E-state index in [1.54, 1.807) is 18.5 Å². The number of hydrogen-bond acceptors (Lipinski definition) is 6. The number of pyridine rings is 1. The molecule has 2 aliphatic rings. The maximum absolute atomic E-state index is 13.4. The van der Waals surface area contributed by atoms with Gasteiger partial charge in [0.15, 0.2) is 0 Å². The van der Waals surface area contributed by atoms with Gasteiger partial charge in [-0.1, -0.05) is 44.2 Å². The Bertz CT molecular complexity index is 1730. The molecule has 0 bridgehead atoms. The van der Waals surface area contributed by atoms with Gasteiger partial charge in [-0.15, -0.1) is 0 Å². The normalized spacial score (nSPS) is 15.3. The first-order valence-corrected chi connectivity index (χ1v) is 14.3. The number of benzene rings is 2. The summed E-state index contributed by atoms with van der Waals surface area (Å²) in [5.41, 5.74) is 7.07. The number of rotatable bonds is 7. The van der Waals surface area contributed by atoms with Crippen molar-refractivity contribution >= 4 is 29.2 Å². The molecule has 0 spiro atoms. The number of aromatic nitrogens is 1.